The molecule has 0 unspecified atom stereocenters. The fourth-order valence-corrected chi connectivity index (χ4v) is 1.21. The second-order valence-corrected chi connectivity index (χ2v) is 3.22. The molecule has 2 rings (SSSR count). The van der Waals surface area contributed by atoms with Crippen molar-refractivity contribution in [1.82, 2.24) is 9.97 Å². The molecule has 2 aromatic rings. The van der Waals surface area contributed by atoms with Crippen LogP contribution in [0.25, 0.3) is 0 Å². The van der Waals surface area contributed by atoms with E-state index < -0.39 is 0 Å². The molecule has 0 radical (unpaired) electrons. The Hall–Kier alpha value is -1.81. The van der Waals surface area contributed by atoms with E-state index in [2.05, 4.69) is 9.97 Å². The first-order valence-electron chi connectivity index (χ1n) is 4.25. The monoisotopic (exact) mass is 221 g/mol. The van der Waals surface area contributed by atoms with Gasteiger partial charge in [-0.05, 0) is 12.1 Å². The molecule has 15 heavy (non-hydrogen) atoms. The first-order chi connectivity index (χ1) is 7.25. The smallest absolute Gasteiger partial charge is 0.220 e. The molecule has 76 valence electrons. The molecule has 0 fully saturated rings. The Bertz CT molecular complexity index is 458. The maximum absolute atomic E-state index is 5.91. The van der Waals surface area contributed by atoms with Crippen LogP contribution in [-0.2, 0) is 0 Å². The third-order valence-corrected chi connectivity index (χ3v) is 2.02. The number of rotatable bonds is 2. The van der Waals surface area contributed by atoms with Crippen molar-refractivity contribution in [3.05, 3.63) is 41.7 Å². The first-order valence-corrected chi connectivity index (χ1v) is 4.63. The summed E-state index contributed by atoms with van der Waals surface area (Å²) in [6, 6.07) is 7.17. The van der Waals surface area contributed by atoms with Crippen LogP contribution in [-0.4, -0.2) is 9.97 Å². The molecule has 0 saturated carbocycles. The molecular formula is C10H8ClN3O. The summed E-state index contributed by atoms with van der Waals surface area (Å²) in [5.41, 5.74) is 5.35. The van der Waals surface area contributed by atoms with Crippen LogP contribution in [0.2, 0.25) is 5.02 Å². The lowest BCUT2D eigenvalue weighted by atomic mass is 10.3. The van der Waals surface area contributed by atoms with E-state index in [1.54, 1.807) is 12.1 Å². The van der Waals surface area contributed by atoms with Gasteiger partial charge in [0.25, 0.3) is 0 Å². The van der Waals surface area contributed by atoms with E-state index in [1.165, 1.54) is 12.4 Å². The number of hydrogen-bond donors (Lipinski definition) is 1. The summed E-state index contributed by atoms with van der Waals surface area (Å²) >= 11 is 5.91. The molecule has 4 nitrogen and oxygen atoms in total. The van der Waals surface area contributed by atoms with Crippen molar-refractivity contribution >= 4 is 17.5 Å². The van der Waals surface area contributed by atoms with Crippen LogP contribution in [0.3, 0.4) is 0 Å². The van der Waals surface area contributed by atoms with Gasteiger partial charge in [-0.3, -0.25) is 0 Å². The Balaban J connectivity index is 2.22. The molecule has 1 heterocycles. The fourth-order valence-electron chi connectivity index (χ4n) is 1.03. The molecule has 0 bridgehead atoms. The summed E-state index contributed by atoms with van der Waals surface area (Å²) in [6.45, 7) is 0. The summed E-state index contributed by atoms with van der Waals surface area (Å²) in [5.74, 6) is 1.27. The maximum atomic E-state index is 5.91. The highest BCUT2D eigenvalue weighted by atomic mass is 35.5. The largest absolute Gasteiger partial charge is 0.453 e. The van der Waals surface area contributed by atoms with Gasteiger partial charge in [-0.1, -0.05) is 23.7 Å². The number of nitrogens with zero attached hydrogens (tertiary/aromatic N) is 2. The molecule has 0 atom stereocenters. The third kappa shape index (κ3) is 2.35. The zero-order valence-electron chi connectivity index (χ0n) is 7.72. The van der Waals surface area contributed by atoms with E-state index in [0.717, 1.165) is 0 Å². The van der Waals surface area contributed by atoms with Gasteiger partial charge >= 0.3 is 0 Å². The van der Waals surface area contributed by atoms with Gasteiger partial charge in [0, 0.05) is 0 Å². The van der Waals surface area contributed by atoms with Gasteiger partial charge < -0.3 is 10.5 Å². The van der Waals surface area contributed by atoms with Gasteiger partial charge in [-0.25, -0.2) is 9.97 Å². The van der Waals surface area contributed by atoms with Crippen molar-refractivity contribution in [3.63, 3.8) is 0 Å². The van der Waals surface area contributed by atoms with Crippen LogP contribution in [0.5, 0.6) is 11.5 Å². The van der Waals surface area contributed by atoms with Gasteiger partial charge in [0.2, 0.25) is 5.95 Å². The number of para-hydroxylation sites is 1. The molecule has 2 N–H and O–H groups in total. The molecular weight excluding hydrogens is 214 g/mol. The standard InChI is InChI=1S/C10H8ClN3O/c11-8-3-1-2-4-9(8)15-7-5-13-10(12)14-6-7/h1-6H,(H2,12,13,14). The van der Waals surface area contributed by atoms with E-state index in [9.17, 15) is 0 Å². The number of nitrogen functional groups attached to an aromatic ring is 1. The van der Waals surface area contributed by atoms with Crippen molar-refractivity contribution in [3.8, 4) is 11.5 Å². The molecule has 1 aromatic heterocycles. The number of nitrogens with two attached hydrogens (primary N) is 1. The second-order valence-electron chi connectivity index (χ2n) is 2.81. The van der Waals surface area contributed by atoms with Crippen LogP contribution in [0.4, 0.5) is 5.95 Å². The van der Waals surface area contributed by atoms with Crippen molar-refractivity contribution in [2.24, 2.45) is 0 Å². The molecule has 0 amide bonds. The Morgan fingerprint density at radius 1 is 1.13 bits per heavy atom. The van der Waals surface area contributed by atoms with Gasteiger partial charge in [0.05, 0.1) is 17.4 Å². The quantitative estimate of drug-likeness (QED) is 0.847. The number of benzene rings is 1. The zero-order valence-corrected chi connectivity index (χ0v) is 8.48. The van der Waals surface area contributed by atoms with E-state index in [4.69, 9.17) is 22.1 Å². The average molecular weight is 222 g/mol. The number of aromatic nitrogens is 2. The highest BCUT2D eigenvalue weighted by molar-refractivity contribution is 6.32. The summed E-state index contributed by atoms with van der Waals surface area (Å²) in [7, 11) is 0. The third-order valence-electron chi connectivity index (χ3n) is 1.71. The SMILES string of the molecule is Nc1ncc(Oc2ccccc2Cl)cn1. The Labute approximate surface area is 91.7 Å². The van der Waals surface area contributed by atoms with E-state index in [-0.39, 0.29) is 5.95 Å². The molecule has 5 heteroatoms. The summed E-state index contributed by atoms with van der Waals surface area (Å²) in [6.07, 6.45) is 2.98. The summed E-state index contributed by atoms with van der Waals surface area (Å²) in [4.78, 5) is 7.61. The van der Waals surface area contributed by atoms with Gasteiger partial charge in [-0.2, -0.15) is 0 Å². The molecule has 0 aliphatic carbocycles. The predicted octanol–water partition coefficient (Wildman–Crippen LogP) is 2.50. The number of halogens is 1. The van der Waals surface area contributed by atoms with Gasteiger partial charge in [0.15, 0.2) is 5.75 Å². The number of ether oxygens (including phenoxy) is 1. The lowest BCUT2D eigenvalue weighted by molar-refractivity contribution is 0.478. The van der Waals surface area contributed by atoms with Crippen molar-refractivity contribution in [2.45, 2.75) is 0 Å². The van der Waals surface area contributed by atoms with E-state index in [1.807, 2.05) is 12.1 Å². The first kappa shape index (κ1) is 9.73. The van der Waals surface area contributed by atoms with Crippen molar-refractivity contribution in [1.29, 1.82) is 0 Å². The Morgan fingerprint density at radius 3 is 2.47 bits per heavy atom. The Kier molecular flexibility index (Phi) is 2.69. The second kappa shape index (κ2) is 4.14. The molecule has 0 aliphatic rings. The molecule has 0 spiro atoms. The summed E-state index contributed by atoms with van der Waals surface area (Å²) < 4.78 is 5.45. The lowest BCUT2D eigenvalue weighted by Gasteiger charge is -2.05. The summed E-state index contributed by atoms with van der Waals surface area (Å²) in [5, 5.41) is 0.536. The van der Waals surface area contributed by atoms with Gasteiger partial charge in [0.1, 0.15) is 5.75 Å². The lowest BCUT2D eigenvalue weighted by Crippen LogP contribution is -1.94. The Morgan fingerprint density at radius 2 is 1.80 bits per heavy atom. The van der Waals surface area contributed by atoms with Crippen LogP contribution < -0.4 is 10.5 Å². The normalized spacial score (nSPS) is 9.93. The minimum absolute atomic E-state index is 0.210. The maximum Gasteiger partial charge on any atom is 0.220 e. The average Bonchev–Trinajstić information content (AvgIpc) is 2.25. The molecule has 0 saturated heterocycles. The van der Waals surface area contributed by atoms with Crippen molar-refractivity contribution in [2.75, 3.05) is 5.73 Å². The van der Waals surface area contributed by atoms with Crippen LogP contribution in [0.1, 0.15) is 0 Å². The minimum Gasteiger partial charge on any atom is -0.453 e. The number of anilines is 1. The highest BCUT2D eigenvalue weighted by Gasteiger charge is 2.02. The van der Waals surface area contributed by atoms with Crippen LogP contribution in [0.15, 0.2) is 36.7 Å². The minimum atomic E-state index is 0.210. The van der Waals surface area contributed by atoms with E-state index >= 15 is 0 Å². The predicted molar refractivity (Wildman–Crippen MR) is 58.0 cm³/mol. The van der Waals surface area contributed by atoms with Crippen LogP contribution in [0, 0.1) is 0 Å². The van der Waals surface area contributed by atoms with E-state index in [0.29, 0.717) is 16.5 Å². The van der Waals surface area contributed by atoms with Gasteiger partial charge in [-0.15, -0.1) is 0 Å². The zero-order chi connectivity index (χ0) is 10.7. The number of hydrogen-bond acceptors (Lipinski definition) is 4. The van der Waals surface area contributed by atoms with Crippen LogP contribution >= 0.6 is 11.6 Å². The fraction of sp³-hybridized carbons (Fsp3) is 0. The molecule has 1 aromatic carbocycles. The highest BCUT2D eigenvalue weighted by Crippen LogP contribution is 2.27. The topological polar surface area (TPSA) is 61.0 Å². The van der Waals surface area contributed by atoms with Crippen molar-refractivity contribution < 1.29 is 4.74 Å². The molecule has 0 aliphatic heterocycles.